The first-order chi connectivity index (χ1) is 9.03. The van der Waals surface area contributed by atoms with E-state index in [-0.39, 0.29) is 23.2 Å². The molecule has 0 aromatic heterocycles. The van der Waals surface area contributed by atoms with Gasteiger partial charge in [0.15, 0.2) is 0 Å². The third-order valence-electron chi connectivity index (χ3n) is 3.54. The zero-order valence-corrected chi connectivity index (χ0v) is 11.9. The normalized spacial score (nSPS) is 17.8. The number of sulfone groups is 1. The number of hydrogen-bond acceptors (Lipinski definition) is 4. The van der Waals surface area contributed by atoms with Crippen LogP contribution in [0.1, 0.15) is 31.2 Å². The second-order valence-electron chi connectivity index (χ2n) is 4.83. The Morgan fingerprint density at radius 1 is 1.37 bits per heavy atom. The van der Waals surface area contributed by atoms with Crippen LogP contribution in [0.15, 0.2) is 24.3 Å². The Morgan fingerprint density at radius 3 is 2.84 bits per heavy atom. The van der Waals surface area contributed by atoms with Gasteiger partial charge in [0, 0.05) is 24.4 Å². The van der Waals surface area contributed by atoms with E-state index >= 15 is 0 Å². The van der Waals surface area contributed by atoms with Gasteiger partial charge < -0.3 is 5.32 Å². The Hall–Kier alpha value is -1.36. The molecule has 0 saturated heterocycles. The van der Waals surface area contributed by atoms with Crippen molar-refractivity contribution in [3.05, 3.63) is 29.8 Å². The second kappa shape index (κ2) is 5.74. The van der Waals surface area contributed by atoms with Gasteiger partial charge in [-0.25, -0.2) is 8.42 Å². The number of Topliss-reactive ketones (excluding diaryl/α,β-unsaturated/α-hetero) is 1. The summed E-state index contributed by atoms with van der Waals surface area (Å²) in [6.07, 6.45) is 0.758. The number of nitrogens with one attached hydrogen (secondary N) is 1. The van der Waals surface area contributed by atoms with Gasteiger partial charge in [0.05, 0.1) is 11.7 Å². The number of fused-ring (bicyclic) bond motifs is 1. The molecule has 0 bridgehead atoms. The topological polar surface area (TPSA) is 63.2 Å². The van der Waals surface area contributed by atoms with Crippen LogP contribution in [0.3, 0.4) is 0 Å². The maximum atomic E-state index is 12.1. The zero-order valence-electron chi connectivity index (χ0n) is 11.1. The summed E-state index contributed by atoms with van der Waals surface area (Å²) in [5, 5.41) is 3.21. The van der Waals surface area contributed by atoms with Crippen molar-refractivity contribution >= 4 is 21.3 Å². The second-order valence-corrected chi connectivity index (χ2v) is 7.30. The molecule has 1 atom stereocenters. The molecule has 104 valence electrons. The molecule has 2 rings (SSSR count). The smallest absolute Gasteiger partial charge is 0.150 e. The molecule has 1 N–H and O–H groups in total. The van der Waals surface area contributed by atoms with E-state index in [2.05, 4.69) is 5.32 Å². The largest absolute Gasteiger partial charge is 0.384 e. The molecule has 1 aliphatic heterocycles. The van der Waals surface area contributed by atoms with Gasteiger partial charge in [-0.05, 0) is 18.1 Å². The number of para-hydroxylation sites is 1. The zero-order chi connectivity index (χ0) is 13.9. The molecule has 1 aliphatic rings. The highest BCUT2D eigenvalue weighted by atomic mass is 32.2. The lowest BCUT2D eigenvalue weighted by Crippen LogP contribution is -2.16. The van der Waals surface area contributed by atoms with E-state index in [1.807, 2.05) is 24.3 Å². The molecule has 1 aromatic rings. The minimum absolute atomic E-state index is 0.108. The van der Waals surface area contributed by atoms with Crippen LogP contribution >= 0.6 is 0 Å². The van der Waals surface area contributed by atoms with Crippen LogP contribution in [-0.4, -0.2) is 32.3 Å². The van der Waals surface area contributed by atoms with E-state index in [4.69, 9.17) is 0 Å². The Balaban J connectivity index is 1.92. The standard InChI is InChI=1S/C14H19NO3S/c1-2-19(17,18)9-5-8-14(16)12-10-15-13-7-4-3-6-11(12)13/h3-4,6-7,12,15H,2,5,8-10H2,1H3. The number of hydrogen-bond donors (Lipinski definition) is 1. The number of rotatable bonds is 6. The molecule has 1 unspecified atom stereocenters. The van der Waals surface area contributed by atoms with E-state index in [1.165, 1.54) is 0 Å². The first-order valence-corrected chi connectivity index (χ1v) is 8.41. The van der Waals surface area contributed by atoms with Crippen molar-refractivity contribution in [3.63, 3.8) is 0 Å². The van der Waals surface area contributed by atoms with Crippen LogP contribution in [-0.2, 0) is 14.6 Å². The van der Waals surface area contributed by atoms with Gasteiger partial charge in [0.25, 0.3) is 0 Å². The summed E-state index contributed by atoms with van der Waals surface area (Å²) in [6, 6.07) is 7.78. The number of ketones is 1. The van der Waals surface area contributed by atoms with E-state index in [0.717, 1.165) is 11.3 Å². The average Bonchev–Trinajstić information content (AvgIpc) is 2.82. The Kier molecular flexibility index (Phi) is 4.24. The van der Waals surface area contributed by atoms with Gasteiger partial charge in [-0.2, -0.15) is 0 Å². The van der Waals surface area contributed by atoms with E-state index in [9.17, 15) is 13.2 Å². The summed E-state index contributed by atoms with van der Waals surface area (Å²) in [7, 11) is -2.97. The van der Waals surface area contributed by atoms with Crippen LogP contribution in [0.2, 0.25) is 0 Å². The van der Waals surface area contributed by atoms with Crippen LogP contribution < -0.4 is 5.32 Å². The minimum atomic E-state index is -2.97. The van der Waals surface area contributed by atoms with Gasteiger partial charge in [-0.15, -0.1) is 0 Å². The fourth-order valence-electron chi connectivity index (χ4n) is 2.36. The summed E-state index contributed by atoms with van der Waals surface area (Å²) in [4.78, 5) is 12.1. The monoisotopic (exact) mass is 281 g/mol. The predicted octanol–water partition coefficient (Wildman–Crippen LogP) is 1.98. The van der Waals surface area contributed by atoms with Crippen molar-refractivity contribution < 1.29 is 13.2 Å². The number of anilines is 1. The summed E-state index contributed by atoms with van der Waals surface area (Å²) in [5.41, 5.74) is 2.05. The van der Waals surface area contributed by atoms with E-state index in [0.29, 0.717) is 19.4 Å². The quantitative estimate of drug-likeness (QED) is 0.866. The molecule has 0 amide bonds. The Labute approximate surface area is 114 Å². The summed E-state index contributed by atoms with van der Waals surface area (Å²) in [5.74, 6) is 0.260. The number of benzene rings is 1. The van der Waals surface area contributed by atoms with Crippen molar-refractivity contribution in [1.29, 1.82) is 0 Å². The molecular formula is C14H19NO3S. The molecular weight excluding hydrogens is 262 g/mol. The van der Waals surface area contributed by atoms with Crippen molar-refractivity contribution in [2.24, 2.45) is 0 Å². The third kappa shape index (κ3) is 3.35. The summed E-state index contributed by atoms with van der Waals surface area (Å²) >= 11 is 0. The molecule has 0 aliphatic carbocycles. The highest BCUT2D eigenvalue weighted by Crippen LogP contribution is 2.32. The molecule has 0 fully saturated rings. The first-order valence-electron chi connectivity index (χ1n) is 6.59. The fourth-order valence-corrected chi connectivity index (χ4v) is 3.23. The predicted molar refractivity (Wildman–Crippen MR) is 76.2 cm³/mol. The molecule has 1 aromatic carbocycles. The fraction of sp³-hybridized carbons (Fsp3) is 0.500. The summed E-state index contributed by atoms with van der Waals surface area (Å²) < 4.78 is 22.8. The molecule has 0 saturated carbocycles. The molecule has 5 heteroatoms. The van der Waals surface area contributed by atoms with Gasteiger partial charge in [-0.1, -0.05) is 25.1 Å². The molecule has 0 spiro atoms. The van der Waals surface area contributed by atoms with Gasteiger partial charge in [-0.3, -0.25) is 4.79 Å². The molecule has 4 nitrogen and oxygen atoms in total. The maximum absolute atomic E-state index is 12.1. The lowest BCUT2D eigenvalue weighted by Gasteiger charge is -2.09. The van der Waals surface area contributed by atoms with Gasteiger partial charge in [0.2, 0.25) is 0 Å². The van der Waals surface area contributed by atoms with E-state index in [1.54, 1.807) is 6.92 Å². The van der Waals surface area contributed by atoms with Crippen molar-refractivity contribution in [2.45, 2.75) is 25.7 Å². The molecule has 1 heterocycles. The molecule has 0 radical (unpaired) electrons. The van der Waals surface area contributed by atoms with Gasteiger partial charge >= 0.3 is 0 Å². The van der Waals surface area contributed by atoms with Crippen LogP contribution in [0.25, 0.3) is 0 Å². The lowest BCUT2D eigenvalue weighted by molar-refractivity contribution is -0.120. The Morgan fingerprint density at radius 2 is 2.11 bits per heavy atom. The van der Waals surface area contributed by atoms with Crippen molar-refractivity contribution in [3.8, 4) is 0 Å². The van der Waals surface area contributed by atoms with Gasteiger partial charge in [0.1, 0.15) is 15.6 Å². The number of carbonyl (C=O) groups excluding carboxylic acids is 1. The summed E-state index contributed by atoms with van der Waals surface area (Å²) in [6.45, 7) is 2.26. The van der Waals surface area contributed by atoms with Crippen molar-refractivity contribution in [1.82, 2.24) is 0 Å². The maximum Gasteiger partial charge on any atom is 0.150 e. The third-order valence-corrected chi connectivity index (χ3v) is 5.33. The highest BCUT2D eigenvalue weighted by molar-refractivity contribution is 7.91. The average molecular weight is 281 g/mol. The van der Waals surface area contributed by atoms with Crippen molar-refractivity contribution in [2.75, 3.05) is 23.4 Å². The lowest BCUT2D eigenvalue weighted by atomic mass is 9.94. The number of carbonyl (C=O) groups is 1. The highest BCUT2D eigenvalue weighted by Gasteiger charge is 2.27. The van der Waals surface area contributed by atoms with E-state index < -0.39 is 9.84 Å². The minimum Gasteiger partial charge on any atom is -0.384 e. The first kappa shape index (κ1) is 14.1. The van der Waals surface area contributed by atoms with Crippen LogP contribution in [0, 0.1) is 0 Å². The SMILES string of the molecule is CCS(=O)(=O)CCCC(=O)C1CNc2ccccc21. The van der Waals surface area contributed by atoms with Crippen LogP contribution in [0.5, 0.6) is 0 Å². The molecule has 19 heavy (non-hydrogen) atoms. The van der Waals surface area contributed by atoms with Crippen LogP contribution in [0.4, 0.5) is 5.69 Å². The Bertz CT molecular complexity index is 566.